The Kier molecular flexibility index (Phi) is 10.9. The summed E-state index contributed by atoms with van der Waals surface area (Å²) < 4.78 is 4.26. The largest absolute Gasteiger partial charge is 0.359 e. The van der Waals surface area contributed by atoms with Crippen molar-refractivity contribution in [2.45, 2.75) is 77.8 Å². The van der Waals surface area contributed by atoms with Gasteiger partial charge < -0.3 is 4.65 Å². The van der Waals surface area contributed by atoms with Crippen LogP contribution in [0.2, 0.25) is 36.3 Å². The molecular formula is C12H31LiNSi2. The molecule has 4 heteroatoms. The van der Waals surface area contributed by atoms with Gasteiger partial charge in [-0.05, 0) is 36.3 Å². The average molecular weight is 252 g/mol. The molecule has 1 radical (unpaired) electrons. The van der Waals surface area contributed by atoms with Gasteiger partial charge in [0.25, 0.3) is 0 Å². The average Bonchev–Trinajstić information content (AvgIpc) is 2.33. The number of rotatable bonds is 8. The van der Waals surface area contributed by atoms with Gasteiger partial charge in [0.15, 0.2) is 0 Å². The molecule has 93 valence electrons. The third-order valence-corrected chi connectivity index (χ3v) is 17.0. The van der Waals surface area contributed by atoms with Crippen molar-refractivity contribution in [1.29, 1.82) is 0 Å². The Morgan fingerprint density at radius 2 is 0.750 bits per heavy atom. The second-order valence-electron chi connectivity index (χ2n) is 4.81. The van der Waals surface area contributed by atoms with E-state index < -0.39 is 16.5 Å². The molecule has 0 fully saturated rings. The van der Waals surface area contributed by atoms with Gasteiger partial charge in [0.1, 0.15) is 16.5 Å². The van der Waals surface area contributed by atoms with Crippen molar-refractivity contribution in [2.75, 3.05) is 0 Å². The van der Waals surface area contributed by atoms with Crippen LogP contribution in [0.5, 0.6) is 0 Å². The van der Waals surface area contributed by atoms with E-state index in [-0.39, 0.29) is 18.9 Å². The summed E-state index contributed by atoms with van der Waals surface area (Å²) in [6, 6.07) is 8.47. The Balaban J connectivity index is 0. The van der Waals surface area contributed by atoms with E-state index in [0.29, 0.717) is 0 Å². The topological polar surface area (TPSA) is 12.0 Å². The van der Waals surface area contributed by atoms with Crippen molar-refractivity contribution in [2.24, 2.45) is 0 Å². The molecule has 0 aromatic heterocycles. The minimum atomic E-state index is -1.10. The fraction of sp³-hybridized carbons (Fsp3) is 1.00. The first-order valence-electron chi connectivity index (χ1n) is 6.86. The first kappa shape index (κ1) is 19.3. The van der Waals surface area contributed by atoms with E-state index in [2.05, 4.69) is 46.2 Å². The molecule has 0 heterocycles. The van der Waals surface area contributed by atoms with Gasteiger partial charge in [-0.1, -0.05) is 41.5 Å². The maximum atomic E-state index is 4.26. The number of hydrogen-bond donors (Lipinski definition) is 1. The van der Waals surface area contributed by atoms with Gasteiger partial charge in [0.05, 0.1) is 0 Å². The van der Waals surface area contributed by atoms with Crippen LogP contribution in [0.4, 0.5) is 0 Å². The first-order valence-corrected chi connectivity index (χ1v) is 12.1. The molecule has 0 atom stereocenters. The molecule has 0 saturated carbocycles. The summed E-state index contributed by atoms with van der Waals surface area (Å²) >= 11 is 0. The van der Waals surface area contributed by atoms with Gasteiger partial charge in [-0.2, -0.15) is 0 Å². The maximum absolute atomic E-state index is 4.26. The zero-order valence-electron chi connectivity index (χ0n) is 12.7. The summed E-state index contributed by atoms with van der Waals surface area (Å²) in [5, 5.41) is 0. The van der Waals surface area contributed by atoms with Crippen LogP contribution in [0.25, 0.3) is 0 Å². The summed E-state index contributed by atoms with van der Waals surface area (Å²) in [6.07, 6.45) is 0. The molecule has 0 aliphatic carbocycles. The van der Waals surface area contributed by atoms with Crippen LogP contribution in [0.3, 0.4) is 0 Å². The normalized spacial score (nSPS) is 12.4. The molecule has 0 aromatic rings. The Labute approximate surface area is 118 Å². The van der Waals surface area contributed by atoms with E-state index in [9.17, 15) is 0 Å². The summed E-state index contributed by atoms with van der Waals surface area (Å²) in [5.74, 6) is 0. The van der Waals surface area contributed by atoms with Crippen molar-refractivity contribution in [3.63, 3.8) is 0 Å². The Hall–Kier alpha value is 0.991. The van der Waals surface area contributed by atoms with Gasteiger partial charge in [-0.25, -0.2) is 0 Å². The van der Waals surface area contributed by atoms with Crippen molar-refractivity contribution in [3.8, 4) is 0 Å². The predicted octanol–water partition coefficient (Wildman–Crippen LogP) is 4.21. The van der Waals surface area contributed by atoms with Gasteiger partial charge in [-0.3, -0.25) is 0 Å². The van der Waals surface area contributed by atoms with Crippen LogP contribution in [0.15, 0.2) is 0 Å². The molecule has 0 aliphatic heterocycles. The van der Waals surface area contributed by atoms with Crippen molar-refractivity contribution in [3.05, 3.63) is 0 Å². The Morgan fingerprint density at radius 3 is 0.875 bits per heavy atom. The van der Waals surface area contributed by atoms with Crippen LogP contribution >= 0.6 is 0 Å². The quantitative estimate of drug-likeness (QED) is 0.638. The van der Waals surface area contributed by atoms with Crippen LogP contribution in [-0.2, 0) is 0 Å². The molecule has 0 rings (SSSR count). The zero-order chi connectivity index (χ0) is 11.9. The Morgan fingerprint density at radius 1 is 0.562 bits per heavy atom. The molecule has 0 saturated heterocycles. The number of nitrogens with one attached hydrogen (secondary N) is 1. The molecule has 0 aromatic carbocycles. The van der Waals surface area contributed by atoms with E-state index in [1.807, 2.05) is 0 Å². The predicted molar refractivity (Wildman–Crippen MR) is 83.3 cm³/mol. The van der Waals surface area contributed by atoms with Crippen molar-refractivity contribution < 1.29 is 0 Å². The monoisotopic (exact) mass is 252 g/mol. The molecule has 0 bridgehead atoms. The van der Waals surface area contributed by atoms with E-state index in [1.54, 1.807) is 0 Å². The molecule has 0 aliphatic rings. The SMILES string of the molecule is CC[Si](CC)(CC)N[Si](CC)(CC)CC.[Li]. The second kappa shape index (κ2) is 8.99. The van der Waals surface area contributed by atoms with E-state index in [1.165, 1.54) is 36.3 Å². The van der Waals surface area contributed by atoms with Gasteiger partial charge >= 0.3 is 0 Å². The molecule has 0 amide bonds. The van der Waals surface area contributed by atoms with Crippen LogP contribution in [0.1, 0.15) is 41.5 Å². The molecule has 0 unspecified atom stereocenters. The number of hydrogen-bond acceptors (Lipinski definition) is 1. The van der Waals surface area contributed by atoms with Gasteiger partial charge in [-0.15, -0.1) is 0 Å². The first-order chi connectivity index (χ1) is 7.07. The van der Waals surface area contributed by atoms with E-state index in [4.69, 9.17) is 0 Å². The Bertz CT molecular complexity index is 134. The van der Waals surface area contributed by atoms with Crippen LogP contribution < -0.4 is 4.65 Å². The second-order valence-corrected chi connectivity index (χ2v) is 15.2. The standard InChI is InChI=1S/C12H31NSi2.Li/c1-7-14(8-2,9-3)13-15(10-4,11-5)12-6;/h13H,7-12H2,1-6H3;. The fourth-order valence-corrected chi connectivity index (χ4v) is 14.3. The van der Waals surface area contributed by atoms with Crippen LogP contribution in [-0.4, -0.2) is 35.3 Å². The molecule has 0 spiro atoms. The molecule has 1 nitrogen and oxygen atoms in total. The molecule has 16 heavy (non-hydrogen) atoms. The summed E-state index contributed by atoms with van der Waals surface area (Å²) in [5.41, 5.74) is 0. The fourth-order valence-electron chi connectivity index (χ4n) is 2.59. The van der Waals surface area contributed by atoms with Crippen molar-refractivity contribution >= 4 is 35.3 Å². The minimum Gasteiger partial charge on any atom is -0.359 e. The van der Waals surface area contributed by atoms with Crippen molar-refractivity contribution in [1.82, 2.24) is 4.65 Å². The van der Waals surface area contributed by atoms with Crippen LogP contribution in [0, 0.1) is 0 Å². The van der Waals surface area contributed by atoms with Gasteiger partial charge in [0.2, 0.25) is 0 Å². The van der Waals surface area contributed by atoms with E-state index >= 15 is 0 Å². The third kappa shape index (κ3) is 4.70. The molecule has 1 N–H and O–H groups in total. The third-order valence-electron chi connectivity index (χ3n) is 4.59. The van der Waals surface area contributed by atoms with Gasteiger partial charge in [0, 0.05) is 18.9 Å². The summed E-state index contributed by atoms with van der Waals surface area (Å²) in [7, 11) is -2.21. The summed E-state index contributed by atoms with van der Waals surface area (Å²) in [6.45, 7) is 14.4. The summed E-state index contributed by atoms with van der Waals surface area (Å²) in [4.78, 5) is 0. The molecular weight excluding hydrogens is 221 g/mol. The smallest absolute Gasteiger partial charge is 0.118 e. The van der Waals surface area contributed by atoms with E-state index in [0.717, 1.165) is 0 Å². The maximum Gasteiger partial charge on any atom is 0.118 e. The zero-order valence-corrected chi connectivity index (χ0v) is 14.7. The minimum absolute atomic E-state index is 0.